The predicted octanol–water partition coefficient (Wildman–Crippen LogP) is 4.24. The predicted molar refractivity (Wildman–Crippen MR) is 91.5 cm³/mol. The Hall–Kier alpha value is -0.860. The molecule has 0 spiro atoms. The Bertz CT molecular complexity index is 401. The summed E-state index contributed by atoms with van der Waals surface area (Å²) in [5, 5.41) is 3.73. The van der Waals surface area contributed by atoms with Crippen LogP contribution in [0.3, 0.4) is 0 Å². The van der Waals surface area contributed by atoms with Gasteiger partial charge in [-0.25, -0.2) is 0 Å². The molecule has 1 aliphatic rings. The summed E-state index contributed by atoms with van der Waals surface area (Å²) in [6.07, 6.45) is 3.84. The monoisotopic (exact) mass is 288 g/mol. The molecule has 1 heterocycles. The molecule has 0 bridgehead atoms. The molecule has 21 heavy (non-hydrogen) atoms. The summed E-state index contributed by atoms with van der Waals surface area (Å²) >= 11 is 0. The van der Waals surface area contributed by atoms with Gasteiger partial charge in [0, 0.05) is 31.2 Å². The van der Waals surface area contributed by atoms with Gasteiger partial charge in [0.2, 0.25) is 0 Å². The van der Waals surface area contributed by atoms with E-state index in [0.29, 0.717) is 18.1 Å². The van der Waals surface area contributed by atoms with Crippen LogP contribution in [0.1, 0.15) is 58.6 Å². The van der Waals surface area contributed by atoms with E-state index in [1.54, 1.807) is 0 Å². The van der Waals surface area contributed by atoms with E-state index in [-0.39, 0.29) is 0 Å². The second-order valence-electron chi connectivity index (χ2n) is 6.96. The van der Waals surface area contributed by atoms with Gasteiger partial charge in [-0.05, 0) is 37.7 Å². The first-order valence-electron chi connectivity index (χ1n) is 8.65. The van der Waals surface area contributed by atoms with Gasteiger partial charge >= 0.3 is 0 Å². The SMILES string of the molecule is CCC1CN(C(C)CCC(C)C)C(c2ccccc2)CN1. The quantitative estimate of drug-likeness (QED) is 0.842. The number of nitrogens with one attached hydrogen (secondary N) is 1. The number of piperazine rings is 1. The summed E-state index contributed by atoms with van der Waals surface area (Å²) < 4.78 is 0. The highest BCUT2D eigenvalue weighted by molar-refractivity contribution is 5.20. The smallest absolute Gasteiger partial charge is 0.0476 e. The fourth-order valence-electron chi connectivity index (χ4n) is 3.33. The zero-order chi connectivity index (χ0) is 15.2. The van der Waals surface area contributed by atoms with Crippen LogP contribution in [0.15, 0.2) is 30.3 Å². The topological polar surface area (TPSA) is 15.3 Å². The van der Waals surface area contributed by atoms with Crippen molar-refractivity contribution >= 4 is 0 Å². The molecule has 0 saturated carbocycles. The lowest BCUT2D eigenvalue weighted by Gasteiger charge is -2.44. The molecular formula is C19H32N2. The lowest BCUT2D eigenvalue weighted by atomic mass is 9.95. The van der Waals surface area contributed by atoms with E-state index < -0.39 is 0 Å². The highest BCUT2D eigenvalue weighted by atomic mass is 15.3. The zero-order valence-corrected chi connectivity index (χ0v) is 14.2. The number of hydrogen-bond acceptors (Lipinski definition) is 2. The highest BCUT2D eigenvalue weighted by Gasteiger charge is 2.31. The molecule has 1 aliphatic heterocycles. The third-order valence-electron chi connectivity index (χ3n) is 4.84. The number of nitrogens with zero attached hydrogens (tertiary/aromatic N) is 1. The molecule has 1 saturated heterocycles. The standard InChI is InChI=1S/C19H32N2/c1-5-18-14-21(16(4)12-11-15(2)3)19(13-20-18)17-9-7-6-8-10-17/h6-10,15-16,18-20H,5,11-14H2,1-4H3. The van der Waals surface area contributed by atoms with Crippen LogP contribution in [-0.2, 0) is 0 Å². The van der Waals surface area contributed by atoms with Gasteiger partial charge in [-0.2, -0.15) is 0 Å². The van der Waals surface area contributed by atoms with Crippen LogP contribution < -0.4 is 5.32 Å². The van der Waals surface area contributed by atoms with Gasteiger partial charge in [0.15, 0.2) is 0 Å². The van der Waals surface area contributed by atoms with Crippen LogP contribution >= 0.6 is 0 Å². The molecule has 0 radical (unpaired) electrons. The van der Waals surface area contributed by atoms with Crippen molar-refractivity contribution in [2.75, 3.05) is 13.1 Å². The molecule has 118 valence electrons. The van der Waals surface area contributed by atoms with Gasteiger partial charge in [0.1, 0.15) is 0 Å². The minimum Gasteiger partial charge on any atom is -0.311 e. The molecule has 1 aromatic carbocycles. The van der Waals surface area contributed by atoms with Crippen LogP contribution in [0, 0.1) is 5.92 Å². The minimum atomic E-state index is 0.524. The Labute approximate surface area is 130 Å². The van der Waals surface area contributed by atoms with Gasteiger partial charge in [-0.1, -0.05) is 51.1 Å². The molecule has 2 rings (SSSR count). The first-order chi connectivity index (χ1) is 10.1. The third-order valence-corrected chi connectivity index (χ3v) is 4.84. The lowest BCUT2D eigenvalue weighted by Crippen LogP contribution is -2.54. The number of benzene rings is 1. The molecule has 1 N–H and O–H groups in total. The first-order valence-corrected chi connectivity index (χ1v) is 8.65. The van der Waals surface area contributed by atoms with E-state index in [1.165, 1.54) is 31.4 Å². The van der Waals surface area contributed by atoms with Gasteiger partial charge in [0.25, 0.3) is 0 Å². The zero-order valence-electron chi connectivity index (χ0n) is 14.2. The first kappa shape index (κ1) is 16.5. The summed E-state index contributed by atoms with van der Waals surface area (Å²) in [4.78, 5) is 2.74. The molecule has 1 aromatic rings. The fourth-order valence-corrected chi connectivity index (χ4v) is 3.33. The van der Waals surface area contributed by atoms with Gasteiger partial charge in [0.05, 0.1) is 0 Å². The summed E-state index contributed by atoms with van der Waals surface area (Å²) in [6, 6.07) is 12.8. The van der Waals surface area contributed by atoms with Crippen LogP contribution in [0.4, 0.5) is 0 Å². The van der Waals surface area contributed by atoms with E-state index in [0.717, 1.165) is 12.5 Å². The van der Waals surface area contributed by atoms with Crippen molar-refractivity contribution in [2.45, 2.75) is 65.1 Å². The van der Waals surface area contributed by atoms with Crippen LogP contribution in [0.25, 0.3) is 0 Å². The third kappa shape index (κ3) is 4.55. The molecule has 2 nitrogen and oxygen atoms in total. The lowest BCUT2D eigenvalue weighted by molar-refractivity contribution is 0.0805. The normalized spacial score (nSPS) is 25.2. The molecule has 0 aromatic heterocycles. The van der Waals surface area contributed by atoms with E-state index in [1.807, 2.05) is 0 Å². The molecule has 3 unspecified atom stereocenters. The maximum absolute atomic E-state index is 3.73. The van der Waals surface area contributed by atoms with Crippen molar-refractivity contribution in [2.24, 2.45) is 5.92 Å². The van der Waals surface area contributed by atoms with E-state index in [9.17, 15) is 0 Å². The highest BCUT2D eigenvalue weighted by Crippen LogP contribution is 2.28. The van der Waals surface area contributed by atoms with Crippen LogP contribution in [-0.4, -0.2) is 30.1 Å². The molecular weight excluding hydrogens is 256 g/mol. The molecule has 1 fully saturated rings. The van der Waals surface area contributed by atoms with Gasteiger partial charge in [-0.3, -0.25) is 4.90 Å². The van der Waals surface area contributed by atoms with E-state index in [4.69, 9.17) is 0 Å². The van der Waals surface area contributed by atoms with Crippen molar-refractivity contribution in [3.05, 3.63) is 35.9 Å². The molecule has 2 heteroatoms. The van der Waals surface area contributed by atoms with E-state index in [2.05, 4.69) is 68.2 Å². The Morgan fingerprint density at radius 1 is 1.14 bits per heavy atom. The summed E-state index contributed by atoms with van der Waals surface area (Å²) in [5.74, 6) is 0.799. The largest absolute Gasteiger partial charge is 0.311 e. The summed E-state index contributed by atoms with van der Waals surface area (Å²) in [7, 11) is 0. The Morgan fingerprint density at radius 2 is 1.86 bits per heavy atom. The maximum Gasteiger partial charge on any atom is 0.0476 e. The van der Waals surface area contributed by atoms with Crippen LogP contribution in [0.5, 0.6) is 0 Å². The number of hydrogen-bond donors (Lipinski definition) is 1. The Balaban J connectivity index is 2.09. The van der Waals surface area contributed by atoms with Gasteiger partial charge < -0.3 is 5.32 Å². The second-order valence-corrected chi connectivity index (χ2v) is 6.96. The number of rotatable bonds is 6. The van der Waals surface area contributed by atoms with Crippen molar-refractivity contribution in [1.29, 1.82) is 0 Å². The van der Waals surface area contributed by atoms with Crippen molar-refractivity contribution in [1.82, 2.24) is 10.2 Å². The molecule has 0 amide bonds. The van der Waals surface area contributed by atoms with Crippen molar-refractivity contribution in [3.8, 4) is 0 Å². The Morgan fingerprint density at radius 3 is 2.48 bits per heavy atom. The van der Waals surface area contributed by atoms with Crippen LogP contribution in [0.2, 0.25) is 0 Å². The fraction of sp³-hybridized carbons (Fsp3) is 0.684. The summed E-state index contributed by atoms with van der Waals surface area (Å²) in [6.45, 7) is 11.6. The van der Waals surface area contributed by atoms with Gasteiger partial charge in [-0.15, -0.1) is 0 Å². The average molecular weight is 288 g/mol. The average Bonchev–Trinajstić information content (AvgIpc) is 2.52. The van der Waals surface area contributed by atoms with Crippen molar-refractivity contribution < 1.29 is 0 Å². The van der Waals surface area contributed by atoms with E-state index >= 15 is 0 Å². The molecule has 0 aliphatic carbocycles. The Kier molecular flexibility index (Phi) is 6.25. The maximum atomic E-state index is 3.73. The second kappa shape index (κ2) is 7.95. The summed E-state index contributed by atoms with van der Waals surface area (Å²) in [5.41, 5.74) is 1.45. The molecule has 3 atom stereocenters. The minimum absolute atomic E-state index is 0.524. The van der Waals surface area contributed by atoms with Crippen molar-refractivity contribution in [3.63, 3.8) is 0 Å².